The molecule has 1 amide bonds. The maximum Gasteiger partial charge on any atom is 0.338 e. The molecular formula is C22H26N2O3. The minimum absolute atomic E-state index is 0.306. The van der Waals surface area contributed by atoms with Crippen molar-refractivity contribution in [1.29, 1.82) is 0 Å². The Morgan fingerprint density at radius 1 is 1.04 bits per heavy atom. The number of nitrogens with one attached hydrogen (secondary N) is 1. The zero-order valence-corrected chi connectivity index (χ0v) is 16.2. The molecule has 1 heterocycles. The average molecular weight is 366 g/mol. The highest BCUT2D eigenvalue weighted by Crippen LogP contribution is 2.25. The van der Waals surface area contributed by atoms with Gasteiger partial charge in [0.15, 0.2) is 6.61 Å². The summed E-state index contributed by atoms with van der Waals surface area (Å²) >= 11 is 0. The first-order valence-corrected chi connectivity index (χ1v) is 9.34. The first-order chi connectivity index (χ1) is 13.0. The van der Waals surface area contributed by atoms with Gasteiger partial charge in [-0.3, -0.25) is 4.79 Å². The monoisotopic (exact) mass is 366 g/mol. The molecule has 0 aliphatic carbocycles. The zero-order chi connectivity index (χ0) is 19.4. The fourth-order valence-corrected chi connectivity index (χ4v) is 3.33. The summed E-state index contributed by atoms with van der Waals surface area (Å²) in [6.45, 7) is 7.64. The summed E-state index contributed by atoms with van der Waals surface area (Å²) < 4.78 is 5.18. The average Bonchev–Trinajstić information content (AvgIpc) is 3.18. The van der Waals surface area contributed by atoms with Gasteiger partial charge in [-0.05, 0) is 74.6 Å². The van der Waals surface area contributed by atoms with Crippen LogP contribution < -0.4 is 10.2 Å². The van der Waals surface area contributed by atoms with Crippen molar-refractivity contribution in [2.45, 2.75) is 33.6 Å². The van der Waals surface area contributed by atoms with Crippen LogP contribution in [0.5, 0.6) is 0 Å². The molecule has 0 radical (unpaired) electrons. The smallest absolute Gasteiger partial charge is 0.338 e. The molecule has 0 spiro atoms. The van der Waals surface area contributed by atoms with Gasteiger partial charge in [0.25, 0.3) is 5.91 Å². The molecular weight excluding hydrogens is 340 g/mol. The number of nitrogens with zero attached hydrogens (tertiary/aromatic N) is 1. The van der Waals surface area contributed by atoms with Crippen LogP contribution in [0.25, 0.3) is 0 Å². The Hall–Kier alpha value is -2.82. The van der Waals surface area contributed by atoms with E-state index in [1.807, 2.05) is 45.0 Å². The molecule has 27 heavy (non-hydrogen) atoms. The SMILES string of the molecule is Cc1cc(N2CCCC2)ccc1NC(=O)COC(=O)c1cccc(C)c1C. The fraction of sp³-hybridized carbons (Fsp3) is 0.364. The summed E-state index contributed by atoms with van der Waals surface area (Å²) in [6, 6.07) is 11.5. The Labute approximate surface area is 160 Å². The molecule has 3 rings (SSSR count). The molecule has 1 aliphatic heterocycles. The molecule has 0 bridgehead atoms. The van der Waals surface area contributed by atoms with Crippen molar-refractivity contribution in [3.63, 3.8) is 0 Å². The summed E-state index contributed by atoms with van der Waals surface area (Å²) in [7, 11) is 0. The summed E-state index contributed by atoms with van der Waals surface area (Å²) in [5.41, 5.74) is 5.30. The Morgan fingerprint density at radius 2 is 1.78 bits per heavy atom. The van der Waals surface area contributed by atoms with Crippen molar-refractivity contribution >= 4 is 23.3 Å². The molecule has 5 nitrogen and oxygen atoms in total. The van der Waals surface area contributed by atoms with Gasteiger partial charge in [0.05, 0.1) is 5.56 Å². The number of rotatable bonds is 5. The summed E-state index contributed by atoms with van der Waals surface area (Å²) in [5.74, 6) is -0.821. The molecule has 0 atom stereocenters. The van der Waals surface area contributed by atoms with E-state index >= 15 is 0 Å². The molecule has 1 fully saturated rings. The predicted molar refractivity (Wildman–Crippen MR) is 107 cm³/mol. The number of hydrogen-bond donors (Lipinski definition) is 1. The highest BCUT2D eigenvalue weighted by atomic mass is 16.5. The molecule has 1 aliphatic rings. The van der Waals surface area contributed by atoms with E-state index in [1.165, 1.54) is 18.5 Å². The molecule has 5 heteroatoms. The summed E-state index contributed by atoms with van der Waals surface area (Å²) in [4.78, 5) is 26.8. The molecule has 2 aromatic carbocycles. The second kappa shape index (κ2) is 8.25. The van der Waals surface area contributed by atoms with E-state index < -0.39 is 5.97 Å². The topological polar surface area (TPSA) is 58.6 Å². The molecule has 1 saturated heterocycles. The maximum atomic E-state index is 12.2. The number of carbonyl (C=O) groups excluding carboxylic acids is 2. The van der Waals surface area contributed by atoms with Gasteiger partial charge in [-0.1, -0.05) is 12.1 Å². The van der Waals surface area contributed by atoms with Gasteiger partial charge in [0.2, 0.25) is 0 Å². The Balaban J connectivity index is 1.57. The van der Waals surface area contributed by atoms with Gasteiger partial charge < -0.3 is 15.0 Å². The van der Waals surface area contributed by atoms with Crippen molar-refractivity contribution < 1.29 is 14.3 Å². The third-order valence-corrected chi connectivity index (χ3v) is 5.11. The third kappa shape index (κ3) is 4.48. The first-order valence-electron chi connectivity index (χ1n) is 9.34. The Bertz CT molecular complexity index is 855. The van der Waals surface area contributed by atoms with Crippen molar-refractivity contribution in [3.05, 3.63) is 58.7 Å². The Morgan fingerprint density at radius 3 is 2.48 bits per heavy atom. The van der Waals surface area contributed by atoms with E-state index in [0.29, 0.717) is 5.56 Å². The fourth-order valence-electron chi connectivity index (χ4n) is 3.33. The standard InChI is InChI=1S/C22H26N2O3/c1-15-7-6-8-19(17(15)3)22(26)27-14-21(25)23-20-10-9-18(13-16(20)2)24-11-4-5-12-24/h6-10,13H,4-5,11-12,14H2,1-3H3,(H,23,25). The number of benzene rings is 2. The van der Waals surface area contributed by atoms with E-state index in [1.54, 1.807) is 6.07 Å². The van der Waals surface area contributed by atoms with Crippen LogP contribution in [-0.4, -0.2) is 31.6 Å². The van der Waals surface area contributed by atoms with Crippen LogP contribution in [0.2, 0.25) is 0 Å². The number of hydrogen-bond acceptors (Lipinski definition) is 4. The van der Waals surface area contributed by atoms with Crippen LogP contribution in [0.15, 0.2) is 36.4 Å². The van der Waals surface area contributed by atoms with Gasteiger partial charge >= 0.3 is 5.97 Å². The number of anilines is 2. The van der Waals surface area contributed by atoms with Gasteiger partial charge in [0.1, 0.15) is 0 Å². The lowest BCUT2D eigenvalue weighted by atomic mass is 10.0. The number of ether oxygens (including phenoxy) is 1. The molecule has 0 saturated carbocycles. The van der Waals surface area contributed by atoms with Crippen LogP contribution in [0.3, 0.4) is 0 Å². The van der Waals surface area contributed by atoms with Gasteiger partial charge in [-0.15, -0.1) is 0 Å². The van der Waals surface area contributed by atoms with Gasteiger partial charge in [-0.25, -0.2) is 4.79 Å². The maximum absolute atomic E-state index is 12.2. The number of esters is 1. The number of amides is 1. The first kappa shape index (κ1) is 19.0. The Kier molecular flexibility index (Phi) is 5.79. The predicted octanol–water partition coefficient (Wildman–Crippen LogP) is 4.01. The van der Waals surface area contributed by atoms with E-state index in [-0.39, 0.29) is 12.5 Å². The highest BCUT2D eigenvalue weighted by Gasteiger charge is 2.16. The lowest BCUT2D eigenvalue weighted by molar-refractivity contribution is -0.119. The van der Waals surface area contributed by atoms with Crippen LogP contribution in [-0.2, 0) is 9.53 Å². The van der Waals surface area contributed by atoms with Crippen molar-refractivity contribution in [3.8, 4) is 0 Å². The molecule has 2 aromatic rings. The minimum atomic E-state index is -0.479. The van der Waals surface area contributed by atoms with E-state index in [9.17, 15) is 9.59 Å². The van der Waals surface area contributed by atoms with E-state index in [2.05, 4.69) is 16.3 Å². The number of carbonyl (C=O) groups is 2. The number of aryl methyl sites for hydroxylation is 2. The lowest BCUT2D eigenvalue weighted by Gasteiger charge is -2.19. The van der Waals surface area contributed by atoms with Crippen molar-refractivity contribution in [2.75, 3.05) is 29.9 Å². The van der Waals surface area contributed by atoms with Crippen LogP contribution in [0.1, 0.15) is 39.9 Å². The van der Waals surface area contributed by atoms with Crippen LogP contribution in [0, 0.1) is 20.8 Å². The van der Waals surface area contributed by atoms with E-state index in [0.717, 1.165) is 35.5 Å². The van der Waals surface area contributed by atoms with Crippen LogP contribution >= 0.6 is 0 Å². The zero-order valence-electron chi connectivity index (χ0n) is 16.2. The highest BCUT2D eigenvalue weighted by molar-refractivity contribution is 5.96. The van der Waals surface area contributed by atoms with Gasteiger partial charge in [-0.2, -0.15) is 0 Å². The second-order valence-electron chi connectivity index (χ2n) is 7.07. The summed E-state index contributed by atoms with van der Waals surface area (Å²) in [5, 5.41) is 2.83. The normalized spacial score (nSPS) is 13.5. The van der Waals surface area contributed by atoms with E-state index in [4.69, 9.17) is 4.74 Å². The molecule has 0 unspecified atom stereocenters. The van der Waals surface area contributed by atoms with Gasteiger partial charge in [0, 0.05) is 24.5 Å². The second-order valence-corrected chi connectivity index (χ2v) is 7.07. The lowest BCUT2D eigenvalue weighted by Crippen LogP contribution is -2.22. The molecule has 142 valence electrons. The third-order valence-electron chi connectivity index (χ3n) is 5.11. The molecule has 1 N–H and O–H groups in total. The largest absolute Gasteiger partial charge is 0.452 e. The molecule has 0 aromatic heterocycles. The van der Waals surface area contributed by atoms with Crippen molar-refractivity contribution in [2.24, 2.45) is 0 Å². The quantitative estimate of drug-likeness (QED) is 0.813. The van der Waals surface area contributed by atoms with Crippen LogP contribution in [0.4, 0.5) is 11.4 Å². The van der Waals surface area contributed by atoms with Crippen molar-refractivity contribution in [1.82, 2.24) is 0 Å². The summed E-state index contributed by atoms with van der Waals surface area (Å²) in [6.07, 6.45) is 2.45. The minimum Gasteiger partial charge on any atom is -0.452 e.